The maximum Gasteiger partial charge on any atom is 0.227 e. The lowest BCUT2D eigenvalue weighted by Gasteiger charge is -2.35. The topological polar surface area (TPSA) is 64.8 Å². The van der Waals surface area contributed by atoms with E-state index in [1.54, 1.807) is 14.2 Å². The molecule has 4 atom stereocenters. The molecule has 0 saturated heterocycles. The van der Waals surface area contributed by atoms with E-state index in [9.17, 15) is 4.79 Å². The molecule has 130 valence electrons. The Morgan fingerprint density at radius 2 is 1.79 bits per heavy atom. The van der Waals surface area contributed by atoms with E-state index in [-0.39, 0.29) is 17.9 Å². The zero-order valence-electron chi connectivity index (χ0n) is 14.5. The first-order valence-corrected chi connectivity index (χ1v) is 8.90. The Balaban J connectivity index is 1.55. The third-order valence-corrected chi connectivity index (χ3v) is 6.30. The number of rotatable bonds is 3. The van der Waals surface area contributed by atoms with Crippen molar-refractivity contribution in [3.05, 3.63) is 23.3 Å². The van der Waals surface area contributed by atoms with Gasteiger partial charge in [-0.1, -0.05) is 0 Å². The van der Waals surface area contributed by atoms with Gasteiger partial charge in [-0.05, 0) is 60.8 Å². The SMILES string of the molecule is COc1cc2c(cc1OC)CN(C(=O)C1C3CCC(C3)C1N)CC2. The minimum Gasteiger partial charge on any atom is -0.493 e. The second kappa shape index (κ2) is 5.96. The fourth-order valence-electron chi connectivity index (χ4n) is 4.98. The van der Waals surface area contributed by atoms with Crippen molar-refractivity contribution in [2.75, 3.05) is 20.8 Å². The summed E-state index contributed by atoms with van der Waals surface area (Å²) < 4.78 is 10.8. The molecule has 2 bridgehead atoms. The largest absolute Gasteiger partial charge is 0.493 e. The van der Waals surface area contributed by atoms with Crippen molar-refractivity contribution in [2.45, 2.75) is 38.3 Å². The van der Waals surface area contributed by atoms with Crippen LogP contribution in [-0.2, 0) is 17.8 Å². The molecule has 3 aliphatic rings. The molecule has 1 aromatic carbocycles. The van der Waals surface area contributed by atoms with E-state index in [1.165, 1.54) is 18.4 Å². The molecule has 0 radical (unpaired) electrons. The van der Waals surface area contributed by atoms with Crippen molar-refractivity contribution in [3.63, 3.8) is 0 Å². The zero-order chi connectivity index (χ0) is 16.8. The lowest BCUT2D eigenvalue weighted by Crippen LogP contribution is -2.48. The van der Waals surface area contributed by atoms with Crippen molar-refractivity contribution in [1.29, 1.82) is 0 Å². The zero-order valence-corrected chi connectivity index (χ0v) is 14.5. The van der Waals surface area contributed by atoms with Crippen LogP contribution in [0.2, 0.25) is 0 Å². The van der Waals surface area contributed by atoms with Gasteiger partial charge in [0.05, 0.1) is 20.1 Å². The Morgan fingerprint density at radius 3 is 2.42 bits per heavy atom. The van der Waals surface area contributed by atoms with Gasteiger partial charge in [0, 0.05) is 19.1 Å². The van der Waals surface area contributed by atoms with Gasteiger partial charge in [-0.15, -0.1) is 0 Å². The number of methoxy groups -OCH3 is 2. The van der Waals surface area contributed by atoms with E-state index in [0.29, 0.717) is 18.4 Å². The summed E-state index contributed by atoms with van der Waals surface area (Å²) in [6.07, 6.45) is 4.38. The predicted octanol–water partition coefficient (Wildman–Crippen LogP) is 1.96. The van der Waals surface area contributed by atoms with E-state index in [0.717, 1.165) is 36.4 Å². The minimum atomic E-state index is 0.0328. The number of hydrogen-bond donors (Lipinski definition) is 1. The first-order chi connectivity index (χ1) is 11.6. The van der Waals surface area contributed by atoms with Gasteiger partial charge in [0.15, 0.2) is 11.5 Å². The normalized spacial score (nSPS) is 31.0. The molecule has 24 heavy (non-hydrogen) atoms. The Labute approximate surface area is 143 Å². The standard InChI is InChI=1S/C19H26N2O3/c1-23-15-8-11-5-6-21(10-14(11)9-16(15)24-2)19(22)17-12-3-4-13(7-12)18(17)20/h8-9,12-13,17-18H,3-7,10,20H2,1-2H3. The average Bonchev–Trinajstić information content (AvgIpc) is 3.20. The summed E-state index contributed by atoms with van der Waals surface area (Å²) in [4.78, 5) is 15.1. The Bertz CT molecular complexity index is 658. The molecule has 0 spiro atoms. The summed E-state index contributed by atoms with van der Waals surface area (Å²) in [5, 5.41) is 0. The first kappa shape index (κ1) is 15.8. The monoisotopic (exact) mass is 330 g/mol. The number of nitrogens with two attached hydrogens (primary N) is 1. The van der Waals surface area contributed by atoms with Crippen LogP contribution in [0.3, 0.4) is 0 Å². The van der Waals surface area contributed by atoms with Gasteiger partial charge in [0.25, 0.3) is 0 Å². The highest BCUT2D eigenvalue weighted by atomic mass is 16.5. The van der Waals surface area contributed by atoms with Gasteiger partial charge >= 0.3 is 0 Å². The van der Waals surface area contributed by atoms with Gasteiger partial charge in [0.2, 0.25) is 5.91 Å². The van der Waals surface area contributed by atoms with Crippen LogP contribution in [0.5, 0.6) is 11.5 Å². The minimum absolute atomic E-state index is 0.0328. The molecule has 2 fully saturated rings. The number of fused-ring (bicyclic) bond motifs is 3. The molecule has 5 nitrogen and oxygen atoms in total. The molecular formula is C19H26N2O3. The maximum atomic E-state index is 13.1. The Morgan fingerprint density at radius 1 is 1.12 bits per heavy atom. The van der Waals surface area contributed by atoms with E-state index >= 15 is 0 Å². The third-order valence-electron chi connectivity index (χ3n) is 6.30. The van der Waals surface area contributed by atoms with Gasteiger partial charge in [0.1, 0.15) is 0 Å². The molecule has 1 aliphatic heterocycles. The van der Waals surface area contributed by atoms with Crippen LogP contribution in [0.4, 0.5) is 0 Å². The highest BCUT2D eigenvalue weighted by molar-refractivity contribution is 5.81. The van der Waals surface area contributed by atoms with Crippen molar-refractivity contribution < 1.29 is 14.3 Å². The van der Waals surface area contributed by atoms with Gasteiger partial charge in [-0.25, -0.2) is 0 Å². The maximum absolute atomic E-state index is 13.1. The second-order valence-electron chi connectivity index (χ2n) is 7.42. The lowest BCUT2D eigenvalue weighted by molar-refractivity contribution is -0.138. The van der Waals surface area contributed by atoms with E-state index in [4.69, 9.17) is 15.2 Å². The molecule has 1 heterocycles. The number of amides is 1. The van der Waals surface area contributed by atoms with Crippen molar-refractivity contribution in [2.24, 2.45) is 23.5 Å². The summed E-state index contributed by atoms with van der Waals surface area (Å²) in [5.74, 6) is 2.84. The summed E-state index contributed by atoms with van der Waals surface area (Å²) in [6.45, 7) is 1.41. The molecule has 1 amide bonds. The predicted molar refractivity (Wildman–Crippen MR) is 91.0 cm³/mol. The van der Waals surface area contributed by atoms with Crippen molar-refractivity contribution in [1.82, 2.24) is 4.90 Å². The molecule has 4 rings (SSSR count). The average molecular weight is 330 g/mol. The van der Waals surface area contributed by atoms with Crippen molar-refractivity contribution in [3.8, 4) is 11.5 Å². The number of ether oxygens (including phenoxy) is 2. The summed E-state index contributed by atoms with van der Waals surface area (Å²) in [5.41, 5.74) is 8.77. The van der Waals surface area contributed by atoms with Crippen LogP contribution in [0.25, 0.3) is 0 Å². The van der Waals surface area contributed by atoms with E-state index < -0.39 is 0 Å². The summed E-state index contributed by atoms with van der Waals surface area (Å²) in [6, 6.07) is 4.11. The molecular weight excluding hydrogens is 304 g/mol. The third kappa shape index (κ3) is 2.37. The smallest absolute Gasteiger partial charge is 0.227 e. The van der Waals surface area contributed by atoms with Crippen LogP contribution >= 0.6 is 0 Å². The molecule has 4 unspecified atom stereocenters. The lowest BCUT2D eigenvalue weighted by atomic mass is 9.83. The number of carbonyl (C=O) groups is 1. The van der Waals surface area contributed by atoms with Crippen LogP contribution < -0.4 is 15.2 Å². The second-order valence-corrected chi connectivity index (χ2v) is 7.42. The quantitative estimate of drug-likeness (QED) is 0.920. The van der Waals surface area contributed by atoms with E-state index in [1.807, 2.05) is 17.0 Å². The molecule has 2 saturated carbocycles. The number of nitrogens with zero attached hydrogens (tertiary/aromatic N) is 1. The number of hydrogen-bond acceptors (Lipinski definition) is 4. The highest BCUT2D eigenvalue weighted by Gasteiger charge is 2.50. The van der Waals surface area contributed by atoms with E-state index in [2.05, 4.69) is 0 Å². The molecule has 2 N–H and O–H groups in total. The van der Waals surface area contributed by atoms with Gasteiger partial charge in [-0.3, -0.25) is 4.79 Å². The fraction of sp³-hybridized carbons (Fsp3) is 0.632. The van der Waals surface area contributed by atoms with Crippen LogP contribution in [-0.4, -0.2) is 37.6 Å². The summed E-state index contributed by atoms with van der Waals surface area (Å²) in [7, 11) is 3.30. The number of carbonyl (C=O) groups excluding carboxylic acids is 1. The summed E-state index contributed by atoms with van der Waals surface area (Å²) >= 11 is 0. The van der Waals surface area contributed by atoms with Gasteiger partial charge < -0.3 is 20.1 Å². The Kier molecular flexibility index (Phi) is 3.91. The Hall–Kier alpha value is -1.75. The molecule has 2 aliphatic carbocycles. The van der Waals surface area contributed by atoms with Crippen LogP contribution in [0.1, 0.15) is 30.4 Å². The fourth-order valence-corrected chi connectivity index (χ4v) is 4.98. The van der Waals surface area contributed by atoms with Crippen LogP contribution in [0.15, 0.2) is 12.1 Å². The van der Waals surface area contributed by atoms with Crippen LogP contribution in [0, 0.1) is 17.8 Å². The molecule has 1 aromatic rings. The number of benzene rings is 1. The first-order valence-electron chi connectivity index (χ1n) is 8.90. The molecule has 0 aromatic heterocycles. The highest BCUT2D eigenvalue weighted by Crippen LogP contribution is 2.48. The van der Waals surface area contributed by atoms with Gasteiger partial charge in [-0.2, -0.15) is 0 Å². The molecule has 5 heteroatoms. The van der Waals surface area contributed by atoms with Crippen molar-refractivity contribution >= 4 is 5.91 Å².